The van der Waals surface area contributed by atoms with Gasteiger partial charge in [0.15, 0.2) is 0 Å². The Kier molecular flexibility index (Phi) is 5.65. The zero-order valence-corrected chi connectivity index (χ0v) is 13.9. The normalized spacial score (nSPS) is 44.5. The van der Waals surface area contributed by atoms with E-state index in [4.69, 9.17) is 13.6 Å². The van der Waals surface area contributed by atoms with Crippen molar-refractivity contribution in [1.82, 2.24) is 0 Å². The van der Waals surface area contributed by atoms with Gasteiger partial charge in [-0.15, -0.1) is 0 Å². The second-order valence-electron chi connectivity index (χ2n) is 6.76. The third-order valence-electron chi connectivity index (χ3n) is 4.38. The summed E-state index contributed by atoms with van der Waals surface area (Å²) in [5.41, 5.74) is 0. The highest BCUT2D eigenvalue weighted by Gasteiger charge is 2.36. The molecule has 0 aromatic carbocycles. The van der Waals surface area contributed by atoms with Gasteiger partial charge in [-0.05, 0) is 44.4 Å². The summed E-state index contributed by atoms with van der Waals surface area (Å²) in [6.45, 7) is 11.2. The number of hydrogen-bond acceptors (Lipinski definition) is 3. The first kappa shape index (κ1) is 15.7. The van der Waals surface area contributed by atoms with Crippen LogP contribution in [0.1, 0.15) is 60.3 Å². The van der Waals surface area contributed by atoms with E-state index < -0.39 is 8.60 Å². The summed E-state index contributed by atoms with van der Waals surface area (Å²) in [4.78, 5) is 0. The van der Waals surface area contributed by atoms with Crippen LogP contribution < -0.4 is 0 Å². The molecule has 3 nitrogen and oxygen atoms in total. The lowest BCUT2D eigenvalue weighted by atomic mass is 9.75. The minimum atomic E-state index is -1.14. The number of rotatable bonds is 3. The van der Waals surface area contributed by atoms with E-state index in [-0.39, 0.29) is 12.2 Å². The van der Waals surface area contributed by atoms with Crippen molar-refractivity contribution in [2.45, 2.75) is 78.6 Å². The van der Waals surface area contributed by atoms with Crippen LogP contribution in [0.3, 0.4) is 0 Å². The first-order valence-corrected chi connectivity index (χ1v) is 8.85. The van der Waals surface area contributed by atoms with Crippen molar-refractivity contribution in [3.63, 3.8) is 0 Å². The molecular weight excluding hydrogens is 259 g/mol. The molecule has 1 aliphatic heterocycles. The zero-order valence-electron chi connectivity index (χ0n) is 13.0. The lowest BCUT2D eigenvalue weighted by molar-refractivity contribution is -0.0171. The molecule has 6 atom stereocenters. The van der Waals surface area contributed by atoms with Crippen molar-refractivity contribution >= 4 is 8.60 Å². The highest BCUT2D eigenvalue weighted by molar-refractivity contribution is 7.41. The standard InChI is InChI=1S/C15H29O3P/c1-10(2)14-7-6-11(3)8-15(14)18-19-16-12(4)9-13(5)17-19/h10-15H,6-9H2,1-5H3/t11?,12-,13?,14?,15?,19?/m1/s1. The summed E-state index contributed by atoms with van der Waals surface area (Å²) >= 11 is 0. The van der Waals surface area contributed by atoms with Crippen LogP contribution in [0.4, 0.5) is 0 Å². The highest BCUT2D eigenvalue weighted by atomic mass is 31.2. The van der Waals surface area contributed by atoms with Crippen LogP contribution in [0, 0.1) is 17.8 Å². The average Bonchev–Trinajstić information content (AvgIpc) is 2.26. The Morgan fingerprint density at radius 3 is 2.21 bits per heavy atom. The average molecular weight is 288 g/mol. The van der Waals surface area contributed by atoms with Gasteiger partial charge in [-0.3, -0.25) is 0 Å². The Labute approximate surface area is 119 Å². The third kappa shape index (κ3) is 4.39. The molecule has 0 aromatic heterocycles. The molecule has 2 aliphatic rings. The van der Waals surface area contributed by atoms with Gasteiger partial charge >= 0.3 is 8.60 Å². The maximum Gasteiger partial charge on any atom is 0.333 e. The van der Waals surface area contributed by atoms with Crippen LogP contribution in [0.5, 0.6) is 0 Å². The van der Waals surface area contributed by atoms with E-state index in [2.05, 4.69) is 34.6 Å². The van der Waals surface area contributed by atoms with Gasteiger partial charge in [-0.2, -0.15) is 0 Å². The SMILES string of the molecule is CC1CCC(C(C)C)C(OP2OC(C)C[C@@H](C)O2)C1. The Morgan fingerprint density at radius 1 is 1.00 bits per heavy atom. The minimum absolute atomic E-state index is 0.258. The maximum atomic E-state index is 6.24. The molecule has 112 valence electrons. The van der Waals surface area contributed by atoms with E-state index in [0.29, 0.717) is 17.9 Å². The largest absolute Gasteiger partial charge is 0.333 e. The van der Waals surface area contributed by atoms with Gasteiger partial charge in [0.05, 0.1) is 18.3 Å². The van der Waals surface area contributed by atoms with E-state index in [1.54, 1.807) is 0 Å². The van der Waals surface area contributed by atoms with Crippen molar-refractivity contribution < 1.29 is 13.6 Å². The second-order valence-corrected chi connectivity index (χ2v) is 7.84. The van der Waals surface area contributed by atoms with Crippen molar-refractivity contribution in [3.8, 4) is 0 Å². The summed E-state index contributed by atoms with van der Waals surface area (Å²) in [6, 6.07) is 0. The molecule has 0 N–H and O–H groups in total. The predicted molar refractivity (Wildman–Crippen MR) is 78.8 cm³/mol. The lowest BCUT2D eigenvalue weighted by Crippen LogP contribution is -2.34. The summed E-state index contributed by atoms with van der Waals surface area (Å²) in [7, 11) is -1.14. The molecule has 0 spiro atoms. The van der Waals surface area contributed by atoms with Crippen LogP contribution in [0.2, 0.25) is 0 Å². The van der Waals surface area contributed by atoms with Gasteiger partial charge < -0.3 is 13.6 Å². The molecule has 0 amide bonds. The Balaban J connectivity index is 1.94. The third-order valence-corrected chi connectivity index (χ3v) is 5.89. The quantitative estimate of drug-likeness (QED) is 0.691. The van der Waals surface area contributed by atoms with E-state index in [1.165, 1.54) is 12.8 Å². The topological polar surface area (TPSA) is 27.7 Å². The monoisotopic (exact) mass is 288 g/mol. The first-order valence-electron chi connectivity index (χ1n) is 7.76. The molecule has 0 radical (unpaired) electrons. The molecule has 1 heterocycles. The maximum absolute atomic E-state index is 6.24. The summed E-state index contributed by atoms with van der Waals surface area (Å²) < 4.78 is 17.9. The Hall–Kier alpha value is 0.310. The fraction of sp³-hybridized carbons (Fsp3) is 1.00. The van der Waals surface area contributed by atoms with Crippen LogP contribution in [0.15, 0.2) is 0 Å². The van der Waals surface area contributed by atoms with E-state index in [1.807, 2.05) is 0 Å². The Morgan fingerprint density at radius 2 is 1.63 bits per heavy atom. The Bertz CT molecular complexity index is 275. The molecule has 0 aromatic rings. The molecule has 1 saturated heterocycles. The molecular formula is C15H29O3P. The molecule has 0 bridgehead atoms. The molecule has 1 saturated carbocycles. The van der Waals surface area contributed by atoms with E-state index in [0.717, 1.165) is 18.8 Å². The zero-order chi connectivity index (χ0) is 14.0. The van der Waals surface area contributed by atoms with Crippen molar-refractivity contribution in [3.05, 3.63) is 0 Å². The predicted octanol–water partition coefficient (Wildman–Crippen LogP) is 4.90. The van der Waals surface area contributed by atoms with Gasteiger partial charge in [-0.25, -0.2) is 0 Å². The van der Waals surface area contributed by atoms with Crippen LogP contribution in [-0.4, -0.2) is 18.3 Å². The summed E-state index contributed by atoms with van der Waals surface area (Å²) in [5.74, 6) is 2.08. The molecule has 4 heteroatoms. The van der Waals surface area contributed by atoms with E-state index in [9.17, 15) is 0 Å². The van der Waals surface area contributed by atoms with Gasteiger partial charge in [0.1, 0.15) is 0 Å². The lowest BCUT2D eigenvalue weighted by Gasteiger charge is -2.40. The fourth-order valence-electron chi connectivity index (χ4n) is 3.27. The van der Waals surface area contributed by atoms with Gasteiger partial charge in [0.25, 0.3) is 0 Å². The second kappa shape index (κ2) is 6.85. The van der Waals surface area contributed by atoms with Crippen molar-refractivity contribution in [2.75, 3.05) is 0 Å². The van der Waals surface area contributed by atoms with E-state index >= 15 is 0 Å². The van der Waals surface area contributed by atoms with Crippen molar-refractivity contribution in [1.29, 1.82) is 0 Å². The highest BCUT2D eigenvalue weighted by Crippen LogP contribution is 2.51. The van der Waals surface area contributed by atoms with Crippen LogP contribution >= 0.6 is 8.60 Å². The van der Waals surface area contributed by atoms with Crippen molar-refractivity contribution in [2.24, 2.45) is 17.8 Å². The molecule has 19 heavy (non-hydrogen) atoms. The van der Waals surface area contributed by atoms with Gasteiger partial charge in [0, 0.05) is 6.42 Å². The van der Waals surface area contributed by atoms with Gasteiger partial charge in [0.2, 0.25) is 0 Å². The minimum Gasteiger partial charge on any atom is -0.309 e. The smallest absolute Gasteiger partial charge is 0.309 e. The summed E-state index contributed by atoms with van der Waals surface area (Å²) in [6.07, 6.45) is 5.55. The first-order chi connectivity index (χ1) is 8.95. The molecule has 5 unspecified atom stereocenters. The summed E-state index contributed by atoms with van der Waals surface area (Å²) in [5, 5.41) is 0. The van der Waals surface area contributed by atoms with Crippen LogP contribution in [0.25, 0.3) is 0 Å². The molecule has 2 rings (SSSR count). The number of hydrogen-bond donors (Lipinski definition) is 0. The molecule has 1 aliphatic carbocycles. The van der Waals surface area contributed by atoms with Gasteiger partial charge in [-0.1, -0.05) is 27.2 Å². The fourth-order valence-corrected chi connectivity index (χ4v) is 4.64. The van der Waals surface area contributed by atoms with Crippen LogP contribution in [-0.2, 0) is 13.6 Å². The molecule has 2 fully saturated rings.